The van der Waals surface area contributed by atoms with Gasteiger partial charge in [0.2, 0.25) is 5.91 Å². The Hall–Kier alpha value is -2.09. The molecule has 9 heteroatoms. The Kier molecular flexibility index (Phi) is 10.6. The molecule has 0 aliphatic heterocycles. The van der Waals surface area contributed by atoms with Gasteiger partial charge in [0.25, 0.3) is 5.91 Å². The largest absolute Gasteiger partial charge is 0.338 e. The SMILES string of the molecule is CC(CN)N(C)C(=O)c1cccc(NC(=O)CCn2ccnc2)c1.Cl.Cl. The average molecular weight is 402 g/mol. The van der Waals surface area contributed by atoms with Crippen molar-refractivity contribution in [1.29, 1.82) is 0 Å². The van der Waals surface area contributed by atoms with E-state index >= 15 is 0 Å². The lowest BCUT2D eigenvalue weighted by molar-refractivity contribution is -0.116. The van der Waals surface area contributed by atoms with Gasteiger partial charge >= 0.3 is 0 Å². The van der Waals surface area contributed by atoms with Crippen LogP contribution in [-0.4, -0.2) is 45.9 Å². The third-order valence-corrected chi connectivity index (χ3v) is 3.87. The summed E-state index contributed by atoms with van der Waals surface area (Å²) in [4.78, 5) is 30.0. The Labute approximate surface area is 165 Å². The van der Waals surface area contributed by atoms with Crippen LogP contribution in [0.15, 0.2) is 43.0 Å². The number of hydrogen-bond donors (Lipinski definition) is 2. The zero-order chi connectivity index (χ0) is 17.5. The summed E-state index contributed by atoms with van der Waals surface area (Å²) in [7, 11) is 1.72. The fourth-order valence-corrected chi connectivity index (χ4v) is 2.17. The number of likely N-dealkylation sites (N-methyl/N-ethyl adjacent to an activating group) is 1. The second-order valence-corrected chi connectivity index (χ2v) is 5.68. The first kappa shape index (κ1) is 23.9. The van der Waals surface area contributed by atoms with Crippen LogP contribution in [0.4, 0.5) is 5.69 Å². The van der Waals surface area contributed by atoms with Crippen LogP contribution < -0.4 is 11.1 Å². The Bertz CT molecular complexity index is 694. The lowest BCUT2D eigenvalue weighted by atomic mass is 10.1. The molecular formula is C17H25Cl2N5O2. The third-order valence-electron chi connectivity index (χ3n) is 3.87. The molecule has 0 fully saturated rings. The highest BCUT2D eigenvalue weighted by Gasteiger charge is 2.16. The molecule has 7 nitrogen and oxygen atoms in total. The third kappa shape index (κ3) is 6.67. The summed E-state index contributed by atoms with van der Waals surface area (Å²) in [5, 5.41) is 2.81. The molecule has 0 aliphatic carbocycles. The molecule has 2 rings (SSSR count). The van der Waals surface area contributed by atoms with Crippen molar-refractivity contribution in [2.45, 2.75) is 25.9 Å². The fourth-order valence-electron chi connectivity index (χ4n) is 2.17. The number of aryl methyl sites for hydroxylation is 1. The number of rotatable bonds is 7. The van der Waals surface area contributed by atoms with E-state index in [4.69, 9.17) is 5.73 Å². The van der Waals surface area contributed by atoms with Crippen molar-refractivity contribution in [3.8, 4) is 0 Å². The van der Waals surface area contributed by atoms with Gasteiger partial charge in [-0.1, -0.05) is 6.07 Å². The molecule has 0 spiro atoms. The van der Waals surface area contributed by atoms with Crippen molar-refractivity contribution in [2.24, 2.45) is 5.73 Å². The van der Waals surface area contributed by atoms with Crippen LogP contribution in [0, 0.1) is 0 Å². The van der Waals surface area contributed by atoms with E-state index in [0.717, 1.165) is 0 Å². The summed E-state index contributed by atoms with van der Waals surface area (Å²) in [5.74, 6) is -0.237. The molecule has 0 saturated carbocycles. The molecular weight excluding hydrogens is 377 g/mol. The smallest absolute Gasteiger partial charge is 0.253 e. The minimum atomic E-state index is -0.123. The van der Waals surface area contributed by atoms with Gasteiger partial charge in [0.15, 0.2) is 0 Å². The van der Waals surface area contributed by atoms with E-state index < -0.39 is 0 Å². The first-order valence-corrected chi connectivity index (χ1v) is 7.84. The molecule has 0 saturated heterocycles. The second kappa shape index (κ2) is 11.5. The number of aromatic nitrogens is 2. The van der Waals surface area contributed by atoms with Crippen LogP contribution in [0.25, 0.3) is 0 Å². The molecule has 2 amide bonds. The number of carbonyl (C=O) groups is 2. The maximum Gasteiger partial charge on any atom is 0.253 e. The van der Waals surface area contributed by atoms with Gasteiger partial charge in [0, 0.05) is 56.2 Å². The highest BCUT2D eigenvalue weighted by atomic mass is 35.5. The van der Waals surface area contributed by atoms with Crippen molar-refractivity contribution >= 4 is 42.3 Å². The number of hydrogen-bond acceptors (Lipinski definition) is 4. The predicted octanol–water partition coefficient (Wildman–Crippen LogP) is 2.17. The van der Waals surface area contributed by atoms with Gasteiger partial charge in [0.05, 0.1) is 6.33 Å². The van der Waals surface area contributed by atoms with Crippen LogP contribution in [-0.2, 0) is 11.3 Å². The van der Waals surface area contributed by atoms with E-state index in [2.05, 4.69) is 10.3 Å². The lowest BCUT2D eigenvalue weighted by Crippen LogP contribution is -2.39. The number of halogens is 2. The molecule has 1 atom stereocenters. The molecule has 3 N–H and O–H groups in total. The normalized spacial score (nSPS) is 10.9. The summed E-state index contributed by atoms with van der Waals surface area (Å²) < 4.78 is 1.84. The van der Waals surface area contributed by atoms with Crippen molar-refractivity contribution in [1.82, 2.24) is 14.5 Å². The summed E-state index contributed by atoms with van der Waals surface area (Å²) in [6.45, 7) is 2.84. The standard InChI is InChI=1S/C17H23N5O2.2ClH/c1-13(11-18)21(2)17(24)14-4-3-5-15(10-14)20-16(23)6-8-22-9-7-19-12-22;;/h3-5,7,9-10,12-13H,6,8,11,18H2,1-2H3,(H,20,23);2*1H. The van der Waals surface area contributed by atoms with E-state index in [-0.39, 0.29) is 42.7 Å². The van der Waals surface area contributed by atoms with Crippen molar-refractivity contribution < 1.29 is 9.59 Å². The highest BCUT2D eigenvalue weighted by molar-refractivity contribution is 5.97. The van der Waals surface area contributed by atoms with Gasteiger partial charge in [-0.15, -0.1) is 24.8 Å². The van der Waals surface area contributed by atoms with E-state index in [1.807, 2.05) is 11.5 Å². The molecule has 1 aromatic heterocycles. The molecule has 0 radical (unpaired) electrons. The van der Waals surface area contributed by atoms with Crippen LogP contribution in [0.2, 0.25) is 0 Å². The van der Waals surface area contributed by atoms with Crippen LogP contribution in [0.5, 0.6) is 0 Å². The number of benzene rings is 1. The molecule has 1 aromatic carbocycles. The maximum absolute atomic E-state index is 12.4. The van der Waals surface area contributed by atoms with Crippen molar-refractivity contribution in [3.05, 3.63) is 48.5 Å². The van der Waals surface area contributed by atoms with E-state index in [1.54, 1.807) is 54.9 Å². The molecule has 0 bridgehead atoms. The van der Waals surface area contributed by atoms with Crippen LogP contribution in [0.3, 0.4) is 0 Å². The molecule has 26 heavy (non-hydrogen) atoms. The zero-order valence-electron chi connectivity index (χ0n) is 14.8. The molecule has 144 valence electrons. The minimum Gasteiger partial charge on any atom is -0.338 e. The summed E-state index contributed by atoms with van der Waals surface area (Å²) in [5.41, 5.74) is 6.72. The van der Waals surface area contributed by atoms with Crippen molar-refractivity contribution in [2.75, 3.05) is 18.9 Å². The molecule has 0 aliphatic rings. The number of anilines is 1. The van der Waals surface area contributed by atoms with Gasteiger partial charge in [-0.25, -0.2) is 4.98 Å². The number of nitrogens with two attached hydrogens (primary N) is 1. The van der Waals surface area contributed by atoms with Gasteiger partial charge in [0.1, 0.15) is 0 Å². The quantitative estimate of drug-likeness (QED) is 0.743. The monoisotopic (exact) mass is 401 g/mol. The average Bonchev–Trinajstić information content (AvgIpc) is 3.11. The number of amides is 2. The summed E-state index contributed by atoms with van der Waals surface area (Å²) in [6, 6.07) is 6.86. The van der Waals surface area contributed by atoms with Gasteiger partial charge in [-0.05, 0) is 25.1 Å². The number of nitrogens with zero attached hydrogens (tertiary/aromatic N) is 3. The highest BCUT2D eigenvalue weighted by Crippen LogP contribution is 2.14. The first-order valence-electron chi connectivity index (χ1n) is 7.84. The Morgan fingerprint density at radius 2 is 2.08 bits per heavy atom. The van der Waals surface area contributed by atoms with Crippen LogP contribution >= 0.6 is 24.8 Å². The van der Waals surface area contributed by atoms with Crippen molar-refractivity contribution in [3.63, 3.8) is 0 Å². The molecule has 1 heterocycles. The Balaban J connectivity index is 0.00000312. The Morgan fingerprint density at radius 1 is 1.35 bits per heavy atom. The first-order chi connectivity index (χ1) is 11.5. The van der Waals surface area contributed by atoms with Gasteiger partial charge in [-0.3, -0.25) is 9.59 Å². The number of imidazole rings is 1. The fraction of sp³-hybridized carbons (Fsp3) is 0.353. The van der Waals surface area contributed by atoms with E-state index in [1.165, 1.54) is 0 Å². The second-order valence-electron chi connectivity index (χ2n) is 5.68. The summed E-state index contributed by atoms with van der Waals surface area (Å²) >= 11 is 0. The topological polar surface area (TPSA) is 93.3 Å². The Morgan fingerprint density at radius 3 is 2.69 bits per heavy atom. The van der Waals surface area contributed by atoms with Crippen LogP contribution in [0.1, 0.15) is 23.7 Å². The molecule has 2 aromatic rings. The summed E-state index contributed by atoms with van der Waals surface area (Å²) in [6.07, 6.45) is 5.48. The predicted molar refractivity (Wildman–Crippen MR) is 107 cm³/mol. The number of carbonyl (C=O) groups excluding carboxylic acids is 2. The minimum absolute atomic E-state index is 0. The van der Waals surface area contributed by atoms with E-state index in [0.29, 0.717) is 30.8 Å². The maximum atomic E-state index is 12.4. The lowest BCUT2D eigenvalue weighted by Gasteiger charge is -2.23. The number of nitrogens with one attached hydrogen (secondary N) is 1. The van der Waals surface area contributed by atoms with E-state index in [9.17, 15) is 9.59 Å². The van der Waals surface area contributed by atoms with Gasteiger partial charge < -0.3 is 20.5 Å². The van der Waals surface area contributed by atoms with Gasteiger partial charge in [-0.2, -0.15) is 0 Å². The zero-order valence-corrected chi connectivity index (χ0v) is 16.4. The molecule has 1 unspecified atom stereocenters.